The molecule has 2 unspecified atom stereocenters. The molecule has 110 valence electrons. The number of ether oxygens (including phenoxy) is 1. The van der Waals surface area contributed by atoms with E-state index in [1.807, 2.05) is 0 Å². The highest BCUT2D eigenvalue weighted by Crippen LogP contribution is 2.14. The number of aliphatic carboxylic acids is 1. The summed E-state index contributed by atoms with van der Waals surface area (Å²) in [5.41, 5.74) is -1.95. The van der Waals surface area contributed by atoms with Crippen LogP contribution in [0.5, 0.6) is 0 Å². The molecule has 2 amide bonds. The van der Waals surface area contributed by atoms with E-state index in [0.717, 1.165) is 26.4 Å². The third kappa shape index (κ3) is 5.04. The predicted octanol–water partition coefficient (Wildman–Crippen LogP) is -0.110. The first-order chi connectivity index (χ1) is 8.83. The molecule has 2 atom stereocenters. The summed E-state index contributed by atoms with van der Waals surface area (Å²) < 4.78 is 5.33. The lowest BCUT2D eigenvalue weighted by atomic mass is 10.0. The first-order valence-electron chi connectivity index (χ1n) is 6.35. The van der Waals surface area contributed by atoms with Crippen LogP contribution in [0.15, 0.2) is 0 Å². The molecule has 1 aliphatic heterocycles. The standard InChI is InChI=1S/C12H22N2O5/c1-12(18,10(15)16)8-13-11(17)14(2)6-9-4-3-5-19-7-9/h9,18H,3-8H2,1-2H3,(H,13,17)(H,15,16). The van der Waals surface area contributed by atoms with Gasteiger partial charge in [-0.2, -0.15) is 0 Å². The number of hydrogen-bond donors (Lipinski definition) is 3. The smallest absolute Gasteiger partial charge is 0.337 e. The lowest BCUT2D eigenvalue weighted by Crippen LogP contribution is -2.50. The average Bonchev–Trinajstić information content (AvgIpc) is 2.37. The SMILES string of the molecule is CN(CC1CCCOC1)C(=O)NCC(C)(O)C(=O)O. The molecule has 1 saturated heterocycles. The number of hydrogen-bond acceptors (Lipinski definition) is 4. The first-order valence-corrected chi connectivity index (χ1v) is 6.35. The van der Waals surface area contributed by atoms with Gasteiger partial charge in [0.25, 0.3) is 0 Å². The molecule has 0 aromatic rings. The van der Waals surface area contributed by atoms with Crippen LogP contribution in [0.25, 0.3) is 0 Å². The zero-order valence-corrected chi connectivity index (χ0v) is 11.4. The summed E-state index contributed by atoms with van der Waals surface area (Å²) in [7, 11) is 1.64. The number of rotatable bonds is 5. The molecule has 0 spiro atoms. The Balaban J connectivity index is 2.34. The van der Waals surface area contributed by atoms with Crippen molar-refractivity contribution >= 4 is 12.0 Å². The van der Waals surface area contributed by atoms with Crippen molar-refractivity contribution in [2.24, 2.45) is 5.92 Å². The van der Waals surface area contributed by atoms with E-state index in [2.05, 4.69) is 5.32 Å². The Kier molecular flexibility index (Phi) is 5.56. The van der Waals surface area contributed by atoms with Crippen LogP contribution < -0.4 is 5.32 Å². The van der Waals surface area contributed by atoms with Crippen molar-refractivity contribution in [3.05, 3.63) is 0 Å². The predicted molar refractivity (Wildman–Crippen MR) is 67.8 cm³/mol. The molecule has 7 nitrogen and oxygen atoms in total. The van der Waals surface area contributed by atoms with Crippen LogP contribution in [-0.4, -0.2) is 66.1 Å². The molecule has 0 aromatic heterocycles. The first kappa shape index (κ1) is 15.7. The van der Waals surface area contributed by atoms with Gasteiger partial charge in [-0.3, -0.25) is 0 Å². The Morgan fingerprint density at radius 2 is 2.21 bits per heavy atom. The lowest BCUT2D eigenvalue weighted by Gasteiger charge is -2.28. The fourth-order valence-corrected chi connectivity index (χ4v) is 1.88. The molecule has 0 aromatic carbocycles. The maximum atomic E-state index is 11.8. The van der Waals surface area contributed by atoms with Gasteiger partial charge in [0, 0.05) is 26.1 Å². The number of carbonyl (C=O) groups is 2. The number of nitrogens with one attached hydrogen (secondary N) is 1. The van der Waals surface area contributed by atoms with Gasteiger partial charge in [-0.1, -0.05) is 0 Å². The number of nitrogens with zero attached hydrogens (tertiary/aromatic N) is 1. The molecule has 1 heterocycles. The zero-order chi connectivity index (χ0) is 14.5. The second-order valence-corrected chi connectivity index (χ2v) is 5.20. The normalized spacial score (nSPS) is 22.4. The lowest BCUT2D eigenvalue weighted by molar-refractivity contribution is -0.155. The van der Waals surface area contributed by atoms with Crippen molar-refractivity contribution in [3.8, 4) is 0 Å². The van der Waals surface area contributed by atoms with Crippen molar-refractivity contribution in [1.82, 2.24) is 10.2 Å². The Labute approximate surface area is 112 Å². The Bertz CT molecular complexity index is 326. The van der Waals surface area contributed by atoms with Gasteiger partial charge in [0.15, 0.2) is 5.60 Å². The van der Waals surface area contributed by atoms with Crippen molar-refractivity contribution in [2.75, 3.05) is 33.4 Å². The van der Waals surface area contributed by atoms with Gasteiger partial charge in [-0.15, -0.1) is 0 Å². The minimum atomic E-state index is -1.95. The highest BCUT2D eigenvalue weighted by Gasteiger charge is 2.30. The zero-order valence-electron chi connectivity index (χ0n) is 11.4. The third-order valence-corrected chi connectivity index (χ3v) is 3.18. The fourth-order valence-electron chi connectivity index (χ4n) is 1.88. The molecule has 3 N–H and O–H groups in total. The number of urea groups is 1. The summed E-state index contributed by atoms with van der Waals surface area (Å²) >= 11 is 0. The van der Waals surface area contributed by atoms with Crippen LogP contribution in [0.2, 0.25) is 0 Å². The quantitative estimate of drug-likeness (QED) is 0.649. The van der Waals surface area contributed by atoms with E-state index < -0.39 is 17.6 Å². The molecule has 0 bridgehead atoms. The topological polar surface area (TPSA) is 99.1 Å². The van der Waals surface area contributed by atoms with Crippen LogP contribution in [0, 0.1) is 5.92 Å². The van der Waals surface area contributed by atoms with E-state index in [-0.39, 0.29) is 6.54 Å². The summed E-state index contributed by atoms with van der Waals surface area (Å²) in [5.74, 6) is -1.05. The van der Waals surface area contributed by atoms with Gasteiger partial charge in [-0.05, 0) is 19.8 Å². The maximum absolute atomic E-state index is 11.8. The highest BCUT2D eigenvalue weighted by molar-refractivity contribution is 5.79. The molecule has 1 aliphatic rings. The second kappa shape index (κ2) is 6.72. The van der Waals surface area contributed by atoms with Crippen LogP contribution in [0.4, 0.5) is 4.79 Å². The second-order valence-electron chi connectivity index (χ2n) is 5.20. The largest absolute Gasteiger partial charge is 0.479 e. The molecule has 19 heavy (non-hydrogen) atoms. The van der Waals surface area contributed by atoms with Gasteiger partial charge in [-0.25, -0.2) is 9.59 Å². The number of carboxylic acid groups (broad SMARTS) is 1. The van der Waals surface area contributed by atoms with Crippen LogP contribution >= 0.6 is 0 Å². The molecule has 1 rings (SSSR count). The number of carboxylic acids is 1. The fraction of sp³-hybridized carbons (Fsp3) is 0.833. The molecular weight excluding hydrogens is 252 g/mol. The minimum Gasteiger partial charge on any atom is -0.479 e. The van der Waals surface area contributed by atoms with Gasteiger partial charge in [0.05, 0.1) is 13.2 Å². The monoisotopic (exact) mass is 274 g/mol. The number of amides is 2. The van der Waals surface area contributed by atoms with Crippen LogP contribution in [0.3, 0.4) is 0 Å². The molecule has 0 aliphatic carbocycles. The van der Waals surface area contributed by atoms with E-state index in [0.29, 0.717) is 19.1 Å². The van der Waals surface area contributed by atoms with Gasteiger partial charge in [0.2, 0.25) is 0 Å². The summed E-state index contributed by atoms with van der Waals surface area (Å²) in [6, 6.07) is -0.396. The van der Waals surface area contributed by atoms with E-state index >= 15 is 0 Å². The van der Waals surface area contributed by atoms with Crippen molar-refractivity contribution in [3.63, 3.8) is 0 Å². The van der Waals surface area contributed by atoms with Crippen molar-refractivity contribution in [1.29, 1.82) is 0 Å². The van der Waals surface area contributed by atoms with Crippen LogP contribution in [0.1, 0.15) is 19.8 Å². The average molecular weight is 274 g/mol. The number of aliphatic hydroxyl groups is 1. The summed E-state index contributed by atoms with van der Waals surface area (Å²) in [5, 5.41) is 20.6. The van der Waals surface area contributed by atoms with E-state index in [9.17, 15) is 14.7 Å². The molecule has 0 radical (unpaired) electrons. The van der Waals surface area contributed by atoms with E-state index in [4.69, 9.17) is 9.84 Å². The Morgan fingerprint density at radius 1 is 1.53 bits per heavy atom. The summed E-state index contributed by atoms with van der Waals surface area (Å²) in [4.78, 5) is 23.9. The molecular formula is C12H22N2O5. The molecule has 0 saturated carbocycles. The maximum Gasteiger partial charge on any atom is 0.337 e. The van der Waals surface area contributed by atoms with E-state index in [1.54, 1.807) is 7.05 Å². The van der Waals surface area contributed by atoms with Gasteiger partial charge >= 0.3 is 12.0 Å². The molecule has 1 fully saturated rings. The summed E-state index contributed by atoms with van der Waals surface area (Å²) in [6.07, 6.45) is 2.01. The van der Waals surface area contributed by atoms with Crippen LogP contribution in [-0.2, 0) is 9.53 Å². The minimum absolute atomic E-state index is 0.310. The highest BCUT2D eigenvalue weighted by atomic mass is 16.5. The van der Waals surface area contributed by atoms with Gasteiger partial charge < -0.3 is 25.2 Å². The Hall–Kier alpha value is -1.34. The molecule has 7 heteroatoms. The van der Waals surface area contributed by atoms with Crippen molar-refractivity contribution in [2.45, 2.75) is 25.4 Å². The number of carbonyl (C=O) groups excluding carboxylic acids is 1. The van der Waals surface area contributed by atoms with Crippen molar-refractivity contribution < 1.29 is 24.5 Å². The third-order valence-electron chi connectivity index (χ3n) is 3.18. The summed E-state index contributed by atoms with van der Waals surface area (Å²) in [6.45, 7) is 2.79. The van der Waals surface area contributed by atoms with E-state index in [1.165, 1.54) is 4.90 Å². The Morgan fingerprint density at radius 3 is 2.74 bits per heavy atom. The van der Waals surface area contributed by atoms with Gasteiger partial charge in [0.1, 0.15) is 0 Å².